The van der Waals surface area contributed by atoms with Crippen molar-refractivity contribution < 1.29 is 0 Å². The molecular formula is C44H34IN3. The maximum absolute atomic E-state index is 5.14. The molecule has 1 aliphatic rings. The smallest absolute Gasteiger partial charge is 0.0789 e. The summed E-state index contributed by atoms with van der Waals surface area (Å²) in [5.74, 6) is 0. The number of allylic oxidation sites excluding steroid dienone is 2. The van der Waals surface area contributed by atoms with Gasteiger partial charge in [-0.3, -0.25) is 9.98 Å². The highest BCUT2D eigenvalue weighted by atomic mass is 127. The Balaban J connectivity index is 1.38. The van der Waals surface area contributed by atoms with Crippen molar-refractivity contribution in [3.63, 3.8) is 0 Å². The molecule has 0 aliphatic carbocycles. The summed E-state index contributed by atoms with van der Waals surface area (Å²) in [6.07, 6.45) is 7.10. The van der Waals surface area contributed by atoms with Gasteiger partial charge < -0.3 is 0 Å². The standard InChI is InChI=1S/C44H34IN3/c1-46-41(30-40(45)32-16-8-3-9-17-32)38-24-36(25-39(26-38)42-27-35(22-23-47-42)31-14-6-2-7-15-31)37-28-43(33-18-10-4-11-19-33)48-44(29-37)34-20-12-5-13-21-34/h2-26,28-30,42H,27H2,1H3/b40-30-,46-41?. The number of hydrogen-bond donors (Lipinski definition) is 0. The highest BCUT2D eigenvalue weighted by molar-refractivity contribution is 14.1. The number of halogens is 1. The van der Waals surface area contributed by atoms with Crippen molar-refractivity contribution in [2.24, 2.45) is 9.98 Å². The normalized spacial score (nSPS) is 14.9. The third kappa shape index (κ3) is 7.19. The first-order valence-electron chi connectivity index (χ1n) is 16.1. The second-order valence-corrected chi connectivity index (χ2v) is 12.9. The van der Waals surface area contributed by atoms with Gasteiger partial charge in [-0.05, 0) is 105 Å². The third-order valence-electron chi connectivity index (χ3n) is 8.59. The van der Waals surface area contributed by atoms with Crippen molar-refractivity contribution >= 4 is 43.7 Å². The fraction of sp³-hybridized carbons (Fsp3) is 0.0682. The van der Waals surface area contributed by atoms with Gasteiger partial charge in [-0.15, -0.1) is 0 Å². The number of pyridine rings is 1. The van der Waals surface area contributed by atoms with Crippen LogP contribution in [0.4, 0.5) is 0 Å². The van der Waals surface area contributed by atoms with E-state index < -0.39 is 0 Å². The van der Waals surface area contributed by atoms with Crippen LogP contribution in [0.1, 0.15) is 34.7 Å². The van der Waals surface area contributed by atoms with Crippen LogP contribution in [-0.4, -0.2) is 24.0 Å². The second kappa shape index (κ2) is 14.7. The number of benzene rings is 5. The number of nitrogens with zero attached hydrogens (tertiary/aromatic N) is 3. The fourth-order valence-corrected chi connectivity index (χ4v) is 6.74. The molecule has 1 atom stereocenters. The van der Waals surface area contributed by atoms with Crippen LogP contribution >= 0.6 is 22.6 Å². The summed E-state index contributed by atoms with van der Waals surface area (Å²) in [5, 5.41) is 0. The van der Waals surface area contributed by atoms with E-state index in [2.05, 4.69) is 168 Å². The quantitative estimate of drug-likeness (QED) is 0.113. The van der Waals surface area contributed by atoms with Crippen LogP contribution in [-0.2, 0) is 0 Å². The number of aliphatic imine (C=N–C) groups is 2. The van der Waals surface area contributed by atoms with Crippen molar-refractivity contribution in [1.82, 2.24) is 4.98 Å². The first kappa shape index (κ1) is 31.4. The van der Waals surface area contributed by atoms with Gasteiger partial charge in [0.05, 0.1) is 23.1 Å². The van der Waals surface area contributed by atoms with E-state index in [4.69, 9.17) is 15.0 Å². The monoisotopic (exact) mass is 731 g/mol. The van der Waals surface area contributed by atoms with Gasteiger partial charge in [0.15, 0.2) is 0 Å². The van der Waals surface area contributed by atoms with Gasteiger partial charge in [0.25, 0.3) is 0 Å². The predicted octanol–water partition coefficient (Wildman–Crippen LogP) is 11.6. The van der Waals surface area contributed by atoms with Crippen LogP contribution in [0, 0.1) is 0 Å². The Bertz CT molecular complexity index is 2090. The van der Waals surface area contributed by atoms with Gasteiger partial charge in [-0.1, -0.05) is 121 Å². The molecule has 0 bridgehead atoms. The molecule has 5 aromatic carbocycles. The molecule has 7 rings (SSSR count). The van der Waals surface area contributed by atoms with Crippen LogP contribution in [0.5, 0.6) is 0 Å². The molecule has 0 fully saturated rings. The first-order valence-corrected chi connectivity index (χ1v) is 17.2. The second-order valence-electron chi connectivity index (χ2n) is 11.7. The molecule has 232 valence electrons. The predicted molar refractivity (Wildman–Crippen MR) is 212 cm³/mol. The lowest BCUT2D eigenvalue weighted by atomic mass is 9.89. The molecule has 0 saturated heterocycles. The minimum absolute atomic E-state index is 0.0248. The molecule has 0 amide bonds. The Morgan fingerprint density at radius 2 is 1.17 bits per heavy atom. The van der Waals surface area contributed by atoms with E-state index in [0.29, 0.717) is 0 Å². The summed E-state index contributed by atoms with van der Waals surface area (Å²) in [6, 6.07) is 53.1. The Morgan fingerprint density at radius 1 is 0.625 bits per heavy atom. The SMILES string of the molecule is CN=C(/C=C(\I)c1ccccc1)c1cc(-c2cc(-c3ccccc3)nc(-c3ccccc3)c2)cc(C2CC(c3ccccc3)=CC=N2)c1. The molecule has 1 unspecified atom stereocenters. The molecule has 4 heteroatoms. The van der Waals surface area contributed by atoms with Gasteiger partial charge in [0, 0.05) is 33.5 Å². The molecule has 1 aromatic heterocycles. The summed E-state index contributed by atoms with van der Waals surface area (Å²) in [4.78, 5) is 15.0. The highest BCUT2D eigenvalue weighted by Crippen LogP contribution is 2.37. The van der Waals surface area contributed by atoms with Gasteiger partial charge in [-0.2, -0.15) is 0 Å². The lowest BCUT2D eigenvalue weighted by molar-refractivity contribution is 0.752. The summed E-state index contributed by atoms with van der Waals surface area (Å²) < 4.78 is 1.13. The average molecular weight is 732 g/mol. The number of dihydropyridines is 1. The molecule has 0 radical (unpaired) electrons. The summed E-state index contributed by atoms with van der Waals surface area (Å²) in [7, 11) is 1.87. The van der Waals surface area contributed by atoms with Gasteiger partial charge in [0.2, 0.25) is 0 Å². The maximum atomic E-state index is 5.14. The van der Waals surface area contributed by atoms with Crippen LogP contribution in [0.2, 0.25) is 0 Å². The molecule has 0 N–H and O–H groups in total. The van der Waals surface area contributed by atoms with Crippen LogP contribution in [0.15, 0.2) is 174 Å². The van der Waals surface area contributed by atoms with Crippen molar-refractivity contribution in [1.29, 1.82) is 0 Å². The minimum Gasteiger partial charge on any atom is -0.288 e. The highest BCUT2D eigenvalue weighted by Gasteiger charge is 2.20. The zero-order chi connectivity index (χ0) is 32.7. The lowest BCUT2D eigenvalue weighted by Crippen LogP contribution is -2.06. The van der Waals surface area contributed by atoms with Gasteiger partial charge >= 0.3 is 0 Å². The number of rotatable bonds is 8. The molecule has 0 spiro atoms. The molecule has 48 heavy (non-hydrogen) atoms. The molecule has 3 nitrogen and oxygen atoms in total. The van der Waals surface area contributed by atoms with E-state index in [-0.39, 0.29) is 6.04 Å². The number of hydrogen-bond acceptors (Lipinski definition) is 3. The van der Waals surface area contributed by atoms with Crippen LogP contribution in [0.25, 0.3) is 42.8 Å². The van der Waals surface area contributed by atoms with Crippen molar-refractivity contribution in [2.45, 2.75) is 12.5 Å². The number of aromatic nitrogens is 1. The Morgan fingerprint density at radius 3 is 1.75 bits per heavy atom. The van der Waals surface area contributed by atoms with E-state index in [9.17, 15) is 0 Å². The molecule has 2 heterocycles. The average Bonchev–Trinajstić information content (AvgIpc) is 3.18. The zero-order valence-corrected chi connectivity index (χ0v) is 28.8. The van der Waals surface area contributed by atoms with Crippen molar-refractivity contribution in [2.75, 3.05) is 7.05 Å². The summed E-state index contributed by atoms with van der Waals surface area (Å²) in [5.41, 5.74) is 13.1. The van der Waals surface area contributed by atoms with Crippen molar-refractivity contribution in [3.05, 3.63) is 186 Å². The topological polar surface area (TPSA) is 37.6 Å². The first-order chi connectivity index (χ1) is 23.6. The third-order valence-corrected chi connectivity index (χ3v) is 9.52. The van der Waals surface area contributed by atoms with E-state index in [0.717, 1.165) is 60.5 Å². The Kier molecular flexibility index (Phi) is 9.62. The zero-order valence-electron chi connectivity index (χ0n) is 26.7. The maximum Gasteiger partial charge on any atom is 0.0789 e. The largest absolute Gasteiger partial charge is 0.288 e. The van der Waals surface area contributed by atoms with E-state index in [1.54, 1.807) is 0 Å². The van der Waals surface area contributed by atoms with E-state index >= 15 is 0 Å². The minimum atomic E-state index is -0.0248. The van der Waals surface area contributed by atoms with Crippen molar-refractivity contribution in [3.8, 4) is 33.6 Å². The van der Waals surface area contributed by atoms with Crippen LogP contribution < -0.4 is 0 Å². The molecule has 1 aliphatic heterocycles. The Labute approximate surface area is 296 Å². The van der Waals surface area contributed by atoms with Crippen LogP contribution in [0.3, 0.4) is 0 Å². The fourth-order valence-electron chi connectivity index (χ4n) is 6.08. The van der Waals surface area contributed by atoms with E-state index in [1.807, 2.05) is 31.5 Å². The summed E-state index contributed by atoms with van der Waals surface area (Å²) in [6.45, 7) is 0. The van der Waals surface area contributed by atoms with Gasteiger partial charge in [-0.25, -0.2) is 4.98 Å². The molecule has 0 saturated carbocycles. The molecular weight excluding hydrogens is 697 g/mol. The molecule has 6 aromatic rings. The Hall–Kier alpha value is -5.20. The lowest BCUT2D eigenvalue weighted by Gasteiger charge is -2.21. The van der Waals surface area contributed by atoms with Gasteiger partial charge in [0.1, 0.15) is 0 Å². The van der Waals surface area contributed by atoms with E-state index in [1.165, 1.54) is 16.7 Å². The summed E-state index contributed by atoms with van der Waals surface area (Å²) >= 11 is 2.42.